The molecule has 0 radical (unpaired) electrons. The number of carboxylic acid groups (broad SMARTS) is 1. The first kappa shape index (κ1) is 14.3. The zero-order valence-electron chi connectivity index (χ0n) is 8.94. The maximum absolute atomic E-state index is 10.9. The van der Waals surface area contributed by atoms with Gasteiger partial charge in [-0.05, 0) is 19.3 Å². The van der Waals surface area contributed by atoms with Gasteiger partial charge in [0.25, 0.3) is 0 Å². The van der Waals surface area contributed by atoms with Crippen molar-refractivity contribution in [3.8, 4) is 12.3 Å². The summed E-state index contributed by atoms with van der Waals surface area (Å²) in [6.07, 6.45) is 5.89. The van der Waals surface area contributed by atoms with E-state index in [2.05, 4.69) is 11.2 Å². The highest BCUT2D eigenvalue weighted by atomic mass is 16.5. The molecule has 0 spiro atoms. The number of alkyl carbamates (subject to hydrolysis) is 1. The third kappa shape index (κ3) is 7.64. The number of amides is 1. The van der Waals surface area contributed by atoms with Crippen LogP contribution in [0.15, 0.2) is 0 Å². The van der Waals surface area contributed by atoms with Gasteiger partial charge in [-0.15, -0.1) is 6.42 Å². The van der Waals surface area contributed by atoms with Gasteiger partial charge < -0.3 is 20.9 Å². The highest BCUT2D eigenvalue weighted by molar-refractivity contribution is 5.72. The number of ether oxygens (including phenoxy) is 1. The quantitative estimate of drug-likeness (QED) is 0.418. The largest absolute Gasteiger partial charge is 0.480 e. The van der Waals surface area contributed by atoms with Crippen LogP contribution < -0.4 is 11.1 Å². The predicted molar refractivity (Wildman–Crippen MR) is 57.6 cm³/mol. The van der Waals surface area contributed by atoms with Gasteiger partial charge in [0.1, 0.15) is 6.04 Å². The predicted octanol–water partition coefficient (Wildman–Crippen LogP) is -0.0720. The molecule has 6 heteroatoms. The Labute approximate surface area is 94.1 Å². The summed E-state index contributed by atoms with van der Waals surface area (Å²) in [7, 11) is 0. The first-order valence-corrected chi connectivity index (χ1v) is 4.90. The lowest BCUT2D eigenvalue weighted by molar-refractivity contribution is -0.138. The first-order chi connectivity index (χ1) is 7.57. The fourth-order valence-corrected chi connectivity index (χ4v) is 0.929. The van der Waals surface area contributed by atoms with E-state index in [1.165, 1.54) is 0 Å². The number of rotatable bonds is 7. The summed E-state index contributed by atoms with van der Waals surface area (Å²) in [5, 5.41) is 10.8. The highest BCUT2D eigenvalue weighted by Crippen LogP contribution is 1.99. The van der Waals surface area contributed by atoms with Gasteiger partial charge in [-0.1, -0.05) is 5.92 Å². The van der Waals surface area contributed by atoms with Crippen molar-refractivity contribution in [3.05, 3.63) is 0 Å². The number of nitrogens with one attached hydrogen (secondary N) is 1. The molecule has 4 N–H and O–H groups in total. The van der Waals surface area contributed by atoms with E-state index in [4.69, 9.17) is 22.0 Å². The van der Waals surface area contributed by atoms with Crippen LogP contribution in [0.4, 0.5) is 4.79 Å². The van der Waals surface area contributed by atoms with Crippen molar-refractivity contribution < 1.29 is 19.4 Å². The number of nitrogens with two attached hydrogens (primary N) is 1. The zero-order chi connectivity index (χ0) is 12.4. The lowest BCUT2D eigenvalue weighted by atomic mass is 10.1. The molecular formula is C10H16N2O4. The van der Waals surface area contributed by atoms with Crippen LogP contribution in [0.1, 0.15) is 19.3 Å². The maximum atomic E-state index is 10.9. The Morgan fingerprint density at radius 1 is 1.50 bits per heavy atom. The smallest absolute Gasteiger partial charge is 0.407 e. The molecule has 0 aromatic heterocycles. The van der Waals surface area contributed by atoms with Crippen molar-refractivity contribution in [1.29, 1.82) is 0 Å². The number of carboxylic acids is 1. The summed E-state index contributed by atoms with van der Waals surface area (Å²) in [5.41, 5.74) is 5.28. The molecule has 16 heavy (non-hydrogen) atoms. The van der Waals surface area contributed by atoms with Gasteiger partial charge in [-0.25, -0.2) is 4.79 Å². The van der Waals surface area contributed by atoms with Gasteiger partial charge in [-0.3, -0.25) is 4.79 Å². The fourth-order valence-electron chi connectivity index (χ4n) is 0.929. The van der Waals surface area contributed by atoms with Crippen LogP contribution in [0.3, 0.4) is 0 Å². The Bertz CT molecular complexity index is 272. The average molecular weight is 228 g/mol. The monoisotopic (exact) mass is 228 g/mol. The van der Waals surface area contributed by atoms with Crippen LogP contribution in [0.5, 0.6) is 0 Å². The number of carbonyl (C=O) groups is 2. The van der Waals surface area contributed by atoms with E-state index >= 15 is 0 Å². The van der Waals surface area contributed by atoms with E-state index in [9.17, 15) is 9.59 Å². The minimum Gasteiger partial charge on any atom is -0.480 e. The Hall–Kier alpha value is -1.74. The van der Waals surface area contributed by atoms with Crippen molar-refractivity contribution in [2.75, 3.05) is 13.2 Å². The Balaban J connectivity index is 3.37. The lowest BCUT2D eigenvalue weighted by Gasteiger charge is -2.06. The van der Waals surface area contributed by atoms with Gasteiger partial charge in [0.05, 0.1) is 13.2 Å². The Kier molecular flexibility index (Phi) is 7.63. The van der Waals surface area contributed by atoms with Crippen LogP contribution in [0.25, 0.3) is 0 Å². The van der Waals surface area contributed by atoms with Crippen molar-refractivity contribution in [3.63, 3.8) is 0 Å². The van der Waals surface area contributed by atoms with Gasteiger partial charge >= 0.3 is 12.1 Å². The normalized spacial score (nSPS) is 11.2. The molecule has 1 amide bonds. The van der Waals surface area contributed by atoms with Crippen LogP contribution in [0.2, 0.25) is 0 Å². The Morgan fingerprint density at radius 2 is 2.19 bits per heavy atom. The fraction of sp³-hybridized carbons (Fsp3) is 0.600. The van der Waals surface area contributed by atoms with Gasteiger partial charge in [0, 0.05) is 0 Å². The molecule has 6 nitrogen and oxygen atoms in total. The molecule has 0 saturated carbocycles. The van der Waals surface area contributed by atoms with Gasteiger partial charge in [-0.2, -0.15) is 0 Å². The molecule has 0 saturated heterocycles. The molecule has 1 unspecified atom stereocenters. The zero-order valence-corrected chi connectivity index (χ0v) is 8.94. The first-order valence-electron chi connectivity index (χ1n) is 4.90. The average Bonchev–Trinajstić information content (AvgIpc) is 2.25. The standard InChI is InChI=1S/C10H16N2O4/c1-2-6-12-10(15)16-7-4-3-5-8(11)9(13)14/h1,8H,3-7,11H2,(H,12,15)(H,13,14). The SMILES string of the molecule is C#CCNC(=O)OCCCCC(N)C(=O)O. The molecule has 90 valence electrons. The molecule has 0 bridgehead atoms. The number of terminal acetylenes is 1. The highest BCUT2D eigenvalue weighted by Gasteiger charge is 2.10. The van der Waals surface area contributed by atoms with Crippen LogP contribution in [-0.2, 0) is 9.53 Å². The van der Waals surface area contributed by atoms with Gasteiger partial charge in [0.2, 0.25) is 0 Å². The summed E-state index contributed by atoms with van der Waals surface area (Å²) >= 11 is 0. The number of hydrogen-bond acceptors (Lipinski definition) is 4. The summed E-state index contributed by atoms with van der Waals surface area (Å²) in [4.78, 5) is 21.2. The second-order valence-corrected chi connectivity index (χ2v) is 3.13. The number of hydrogen-bond donors (Lipinski definition) is 3. The van der Waals surface area contributed by atoms with Gasteiger partial charge in [0.15, 0.2) is 0 Å². The molecule has 0 fully saturated rings. The third-order valence-corrected chi connectivity index (χ3v) is 1.79. The van der Waals surface area contributed by atoms with E-state index in [0.717, 1.165) is 0 Å². The van der Waals surface area contributed by atoms with Crippen LogP contribution in [0, 0.1) is 12.3 Å². The van der Waals surface area contributed by atoms with Crippen molar-refractivity contribution in [1.82, 2.24) is 5.32 Å². The van der Waals surface area contributed by atoms with Crippen molar-refractivity contribution >= 4 is 12.1 Å². The van der Waals surface area contributed by atoms with E-state index in [0.29, 0.717) is 19.3 Å². The minimum absolute atomic E-state index is 0.128. The maximum Gasteiger partial charge on any atom is 0.407 e. The van der Waals surface area contributed by atoms with Crippen LogP contribution >= 0.6 is 0 Å². The van der Waals surface area contributed by atoms with E-state index < -0.39 is 18.1 Å². The van der Waals surface area contributed by atoms with Crippen LogP contribution in [-0.4, -0.2) is 36.4 Å². The molecular weight excluding hydrogens is 212 g/mol. The molecule has 0 aromatic rings. The summed E-state index contributed by atoms with van der Waals surface area (Å²) in [5.74, 6) is 1.21. The number of carbonyl (C=O) groups excluding carboxylic acids is 1. The minimum atomic E-state index is -1.02. The molecule has 0 aliphatic heterocycles. The molecule has 0 rings (SSSR count). The molecule has 0 aliphatic rings. The Morgan fingerprint density at radius 3 is 2.75 bits per heavy atom. The molecule has 0 aromatic carbocycles. The van der Waals surface area contributed by atoms with E-state index in [-0.39, 0.29) is 13.2 Å². The number of aliphatic carboxylic acids is 1. The summed E-state index contributed by atoms with van der Waals surface area (Å²) in [6, 6.07) is -0.852. The number of unbranched alkanes of at least 4 members (excludes halogenated alkanes) is 1. The van der Waals surface area contributed by atoms with E-state index in [1.807, 2.05) is 0 Å². The second kappa shape index (κ2) is 8.56. The van der Waals surface area contributed by atoms with E-state index in [1.54, 1.807) is 0 Å². The second-order valence-electron chi connectivity index (χ2n) is 3.13. The third-order valence-electron chi connectivity index (χ3n) is 1.79. The molecule has 0 aliphatic carbocycles. The topological polar surface area (TPSA) is 102 Å². The summed E-state index contributed by atoms with van der Waals surface area (Å²) in [6.45, 7) is 0.353. The molecule has 0 heterocycles. The summed E-state index contributed by atoms with van der Waals surface area (Å²) < 4.78 is 4.75. The van der Waals surface area contributed by atoms with Crippen molar-refractivity contribution in [2.45, 2.75) is 25.3 Å². The van der Waals surface area contributed by atoms with Crippen molar-refractivity contribution in [2.24, 2.45) is 5.73 Å². The lowest BCUT2D eigenvalue weighted by Crippen LogP contribution is -2.30. The molecule has 1 atom stereocenters.